The van der Waals surface area contributed by atoms with E-state index < -0.39 is 0 Å². The van der Waals surface area contributed by atoms with E-state index in [-0.39, 0.29) is 11.4 Å². The Labute approximate surface area is 145 Å². The highest BCUT2D eigenvalue weighted by Crippen LogP contribution is 2.41. The minimum atomic E-state index is -0.256. The zero-order valence-electron chi connectivity index (χ0n) is 13.4. The number of benzene rings is 1. The van der Waals surface area contributed by atoms with Gasteiger partial charge >= 0.3 is 0 Å². The second kappa shape index (κ2) is 5.84. The number of nitrogens with zero attached hydrogens (tertiary/aromatic N) is 2. The Balaban J connectivity index is 1.87. The van der Waals surface area contributed by atoms with Crippen molar-refractivity contribution in [2.45, 2.75) is 45.1 Å². The van der Waals surface area contributed by atoms with Crippen LogP contribution in [0.25, 0.3) is 0 Å². The van der Waals surface area contributed by atoms with Gasteiger partial charge in [-0.2, -0.15) is 5.10 Å². The average molecular weight is 352 g/mol. The summed E-state index contributed by atoms with van der Waals surface area (Å²) in [4.78, 5) is 12.5. The lowest BCUT2D eigenvalue weighted by Gasteiger charge is -2.22. The fourth-order valence-electron chi connectivity index (χ4n) is 2.53. The van der Waals surface area contributed by atoms with Crippen LogP contribution in [0.4, 0.5) is 5.69 Å². The van der Waals surface area contributed by atoms with Crippen molar-refractivity contribution in [3.05, 3.63) is 45.7 Å². The molecule has 1 aliphatic carbocycles. The molecule has 1 aliphatic rings. The number of nitrogens with one attached hydrogen (secondary N) is 1. The number of aromatic nitrogens is 2. The van der Waals surface area contributed by atoms with Crippen LogP contribution in [0.5, 0.6) is 0 Å². The summed E-state index contributed by atoms with van der Waals surface area (Å²) >= 11 is 11.9. The van der Waals surface area contributed by atoms with Crippen molar-refractivity contribution in [1.29, 1.82) is 0 Å². The van der Waals surface area contributed by atoms with Gasteiger partial charge in [0.05, 0.1) is 5.54 Å². The highest BCUT2D eigenvalue weighted by Gasteiger charge is 2.32. The number of hydrogen-bond acceptors (Lipinski definition) is 2. The maximum atomic E-state index is 12.5. The third-order valence-electron chi connectivity index (χ3n) is 3.72. The monoisotopic (exact) mass is 351 g/mol. The molecule has 1 heterocycles. The fourth-order valence-corrected chi connectivity index (χ4v) is 3.06. The minimum Gasteiger partial charge on any atom is -0.320 e. The molecule has 1 N–H and O–H groups in total. The van der Waals surface area contributed by atoms with E-state index in [9.17, 15) is 4.79 Å². The van der Waals surface area contributed by atoms with E-state index in [4.69, 9.17) is 23.2 Å². The predicted molar refractivity (Wildman–Crippen MR) is 93.6 cm³/mol. The van der Waals surface area contributed by atoms with Gasteiger partial charge in [-0.25, -0.2) is 0 Å². The van der Waals surface area contributed by atoms with Crippen LogP contribution in [0.15, 0.2) is 24.3 Å². The lowest BCUT2D eigenvalue weighted by atomic mass is 10.1. The van der Waals surface area contributed by atoms with E-state index in [1.807, 2.05) is 10.7 Å². The average Bonchev–Trinajstić information content (AvgIpc) is 3.14. The van der Waals surface area contributed by atoms with Crippen molar-refractivity contribution >= 4 is 34.8 Å². The Bertz CT molecular complexity index is 737. The minimum absolute atomic E-state index is 0.157. The normalized spacial score (nSPS) is 14.8. The first-order chi connectivity index (χ1) is 10.7. The number of amides is 1. The van der Waals surface area contributed by atoms with Crippen LogP contribution in [-0.4, -0.2) is 15.7 Å². The number of rotatable bonds is 3. The predicted octanol–water partition coefficient (Wildman–Crippen LogP) is 5.07. The lowest BCUT2D eigenvalue weighted by molar-refractivity contribution is 0.102. The van der Waals surface area contributed by atoms with E-state index in [1.165, 1.54) is 0 Å². The van der Waals surface area contributed by atoms with Gasteiger partial charge in [0.2, 0.25) is 0 Å². The summed E-state index contributed by atoms with van der Waals surface area (Å²) < 4.78 is 1.96. The Hall–Kier alpha value is -1.52. The summed E-state index contributed by atoms with van der Waals surface area (Å²) in [6.07, 6.45) is 2.32. The molecule has 1 amide bonds. The molecule has 0 saturated heterocycles. The van der Waals surface area contributed by atoms with E-state index in [1.54, 1.807) is 18.2 Å². The molecule has 0 bridgehead atoms. The van der Waals surface area contributed by atoms with Gasteiger partial charge in [-0.3, -0.25) is 9.48 Å². The number of halogens is 2. The molecule has 4 nitrogen and oxygen atoms in total. The van der Waals surface area contributed by atoms with Crippen LogP contribution in [0, 0.1) is 0 Å². The standard InChI is InChI=1S/C17H19Cl2N3O/c1-17(2,3)22-15(10-4-5-10)9-14(21-22)16(23)20-13-7-11(18)6-12(19)8-13/h6-10H,4-5H2,1-3H3,(H,20,23). The Morgan fingerprint density at radius 3 is 2.30 bits per heavy atom. The van der Waals surface area contributed by atoms with Crippen molar-refractivity contribution in [2.24, 2.45) is 0 Å². The zero-order chi connectivity index (χ0) is 16.8. The maximum absolute atomic E-state index is 12.5. The van der Waals surface area contributed by atoms with Gasteiger partial charge in [0.1, 0.15) is 0 Å². The first kappa shape index (κ1) is 16.3. The van der Waals surface area contributed by atoms with Crippen LogP contribution >= 0.6 is 23.2 Å². The fraction of sp³-hybridized carbons (Fsp3) is 0.412. The Morgan fingerprint density at radius 2 is 1.78 bits per heavy atom. The molecular weight excluding hydrogens is 333 g/mol. The van der Waals surface area contributed by atoms with Crippen molar-refractivity contribution in [3.8, 4) is 0 Å². The zero-order valence-corrected chi connectivity index (χ0v) is 14.9. The molecule has 122 valence electrons. The molecule has 1 saturated carbocycles. The molecule has 3 rings (SSSR count). The molecule has 0 spiro atoms. The molecule has 0 unspecified atom stereocenters. The molecule has 1 fully saturated rings. The Kier molecular flexibility index (Phi) is 4.15. The number of anilines is 1. The van der Waals surface area contributed by atoms with Crippen LogP contribution in [0.1, 0.15) is 55.7 Å². The van der Waals surface area contributed by atoms with Crippen LogP contribution in [-0.2, 0) is 5.54 Å². The van der Waals surface area contributed by atoms with Crippen LogP contribution in [0.3, 0.4) is 0 Å². The van der Waals surface area contributed by atoms with Crippen LogP contribution < -0.4 is 5.32 Å². The quantitative estimate of drug-likeness (QED) is 0.838. The second-order valence-electron chi connectivity index (χ2n) is 6.92. The van der Waals surface area contributed by atoms with Gasteiger partial charge in [0.25, 0.3) is 5.91 Å². The molecule has 2 aromatic rings. The summed E-state index contributed by atoms with van der Waals surface area (Å²) in [5.41, 5.74) is 1.95. The van der Waals surface area contributed by atoms with E-state index in [0.717, 1.165) is 18.5 Å². The first-order valence-electron chi connectivity index (χ1n) is 7.62. The summed E-state index contributed by atoms with van der Waals surface area (Å²) in [6, 6.07) is 6.84. The number of carbonyl (C=O) groups is 1. The van der Waals surface area contributed by atoms with Gasteiger partial charge in [-0.05, 0) is 57.9 Å². The SMILES string of the molecule is CC(C)(C)n1nc(C(=O)Nc2cc(Cl)cc(Cl)c2)cc1C1CC1. The molecule has 6 heteroatoms. The molecule has 23 heavy (non-hydrogen) atoms. The highest BCUT2D eigenvalue weighted by atomic mass is 35.5. The second-order valence-corrected chi connectivity index (χ2v) is 7.80. The maximum Gasteiger partial charge on any atom is 0.276 e. The lowest BCUT2D eigenvalue weighted by Crippen LogP contribution is -2.25. The third kappa shape index (κ3) is 3.70. The van der Waals surface area contributed by atoms with Crippen LogP contribution in [0.2, 0.25) is 10.0 Å². The van der Waals surface area contributed by atoms with E-state index in [2.05, 4.69) is 31.2 Å². The largest absolute Gasteiger partial charge is 0.320 e. The molecular formula is C17H19Cl2N3O. The molecule has 1 aromatic carbocycles. The molecule has 0 aliphatic heterocycles. The smallest absolute Gasteiger partial charge is 0.276 e. The molecule has 0 radical (unpaired) electrons. The first-order valence-corrected chi connectivity index (χ1v) is 8.37. The van der Waals surface area contributed by atoms with Gasteiger partial charge < -0.3 is 5.32 Å². The third-order valence-corrected chi connectivity index (χ3v) is 4.16. The highest BCUT2D eigenvalue weighted by molar-refractivity contribution is 6.35. The van der Waals surface area contributed by atoms with Crippen molar-refractivity contribution in [1.82, 2.24) is 9.78 Å². The van der Waals surface area contributed by atoms with Gasteiger partial charge in [-0.15, -0.1) is 0 Å². The summed E-state index contributed by atoms with van der Waals surface area (Å²) in [5, 5.41) is 8.29. The van der Waals surface area contributed by atoms with Crippen molar-refractivity contribution in [3.63, 3.8) is 0 Å². The molecule has 0 atom stereocenters. The van der Waals surface area contributed by atoms with E-state index >= 15 is 0 Å². The summed E-state index contributed by atoms with van der Waals surface area (Å²) in [6.45, 7) is 6.26. The van der Waals surface area contributed by atoms with Crippen molar-refractivity contribution in [2.75, 3.05) is 5.32 Å². The topological polar surface area (TPSA) is 46.9 Å². The molecule has 1 aromatic heterocycles. The van der Waals surface area contributed by atoms with Crippen molar-refractivity contribution < 1.29 is 4.79 Å². The Morgan fingerprint density at radius 1 is 1.17 bits per heavy atom. The summed E-state index contributed by atoms with van der Waals surface area (Å²) in [5.74, 6) is 0.261. The number of hydrogen-bond donors (Lipinski definition) is 1. The summed E-state index contributed by atoms with van der Waals surface area (Å²) in [7, 11) is 0. The van der Waals surface area contributed by atoms with Gasteiger partial charge in [0.15, 0.2) is 5.69 Å². The van der Waals surface area contributed by atoms with Gasteiger partial charge in [0, 0.05) is 27.3 Å². The van der Waals surface area contributed by atoms with E-state index in [0.29, 0.717) is 27.3 Å². The van der Waals surface area contributed by atoms with Gasteiger partial charge in [-0.1, -0.05) is 23.2 Å². The number of carbonyl (C=O) groups excluding carboxylic acids is 1.